The van der Waals surface area contributed by atoms with E-state index in [1.165, 1.54) is 65.9 Å². The predicted molar refractivity (Wildman–Crippen MR) is 196 cm³/mol. The van der Waals surface area contributed by atoms with Crippen molar-refractivity contribution in [1.82, 2.24) is 9.05 Å². The maximum Gasteiger partial charge on any atom is 0.332 e. The normalized spacial score (nSPS) is 12.2. The molecule has 0 atom stereocenters. The summed E-state index contributed by atoms with van der Waals surface area (Å²) < 4.78 is 5.02. The number of nitriles is 1. The van der Waals surface area contributed by atoms with Crippen LogP contribution in [0.2, 0.25) is 0 Å². The number of aromatic nitrogens is 2. The summed E-state index contributed by atoms with van der Waals surface area (Å²) in [6.45, 7) is -0.100. The second kappa shape index (κ2) is 9.85. The Morgan fingerprint density at radius 1 is 0.468 bits per heavy atom. The largest absolute Gasteiger partial charge is 0.375 e. The van der Waals surface area contributed by atoms with Crippen molar-refractivity contribution >= 4 is 61.4 Å². The third kappa shape index (κ3) is 3.57. The minimum Gasteiger partial charge on any atom is -0.375 e. The van der Waals surface area contributed by atoms with E-state index < -0.39 is 0 Å². The second-order valence-electron chi connectivity index (χ2n) is 12.4. The number of hydrogen-bond donors (Lipinski definition) is 0. The Kier molecular flexibility index (Phi) is 5.44. The van der Waals surface area contributed by atoms with Crippen molar-refractivity contribution < 1.29 is 0 Å². The fraction of sp³-hybridized carbons (Fsp3) is 0. The number of para-hydroxylation sites is 4. The first-order valence-electron chi connectivity index (χ1n) is 16.0. The van der Waals surface area contributed by atoms with Crippen molar-refractivity contribution in [3.63, 3.8) is 0 Å². The Hall–Kier alpha value is -6.31. The van der Waals surface area contributed by atoms with E-state index in [0.717, 1.165) is 16.6 Å². The average molecular weight is 596 g/mol. The van der Waals surface area contributed by atoms with Gasteiger partial charge in [-0.2, -0.15) is 5.26 Å². The van der Waals surface area contributed by atoms with Crippen LogP contribution in [0.1, 0.15) is 5.56 Å². The highest BCUT2D eigenvalue weighted by molar-refractivity contribution is 6.88. The molecule has 10 rings (SSSR count). The molecular formula is C43H26BN3. The van der Waals surface area contributed by atoms with Gasteiger partial charge in [0.2, 0.25) is 0 Å². The molecule has 3 heterocycles. The van der Waals surface area contributed by atoms with Gasteiger partial charge in [0.1, 0.15) is 0 Å². The third-order valence-electron chi connectivity index (χ3n) is 9.99. The van der Waals surface area contributed by atoms with Crippen LogP contribution in [0.5, 0.6) is 0 Å². The molecule has 0 saturated carbocycles. The molecule has 1 aliphatic heterocycles. The molecule has 0 radical (unpaired) electrons. The van der Waals surface area contributed by atoms with Gasteiger partial charge < -0.3 is 9.05 Å². The standard InChI is InChI=1S/C43H26BN3/c45-27-28-24-25-33-34-20-11-22-38-43(34)46(40(33)26-28)39-23-8-7-21-37(39)44(38)47-41-31(29-12-3-1-4-13-29)16-9-18-35(41)36-19-10-17-32(42(36)47)30-14-5-2-6-15-30/h1-26H. The van der Waals surface area contributed by atoms with Gasteiger partial charge in [-0.3, -0.25) is 0 Å². The molecule has 0 bridgehead atoms. The highest BCUT2D eigenvalue weighted by Crippen LogP contribution is 2.42. The minimum atomic E-state index is -0.100. The summed E-state index contributed by atoms with van der Waals surface area (Å²) in [5, 5.41) is 14.7. The van der Waals surface area contributed by atoms with Gasteiger partial charge in [-0.1, -0.05) is 140 Å². The summed E-state index contributed by atoms with van der Waals surface area (Å²) in [4.78, 5) is 0. The molecule has 47 heavy (non-hydrogen) atoms. The van der Waals surface area contributed by atoms with Crippen molar-refractivity contribution in [1.29, 1.82) is 5.26 Å². The molecule has 3 nitrogen and oxygen atoms in total. The van der Waals surface area contributed by atoms with Crippen molar-refractivity contribution in [3.05, 3.63) is 163 Å². The van der Waals surface area contributed by atoms with E-state index >= 15 is 0 Å². The zero-order valence-corrected chi connectivity index (χ0v) is 25.4. The monoisotopic (exact) mass is 595 g/mol. The van der Waals surface area contributed by atoms with Crippen LogP contribution in [0.3, 0.4) is 0 Å². The van der Waals surface area contributed by atoms with E-state index in [4.69, 9.17) is 0 Å². The van der Waals surface area contributed by atoms with Gasteiger partial charge in [0, 0.05) is 49.4 Å². The van der Waals surface area contributed by atoms with Crippen molar-refractivity contribution in [3.8, 4) is 34.0 Å². The van der Waals surface area contributed by atoms with Gasteiger partial charge in [0.05, 0.1) is 22.7 Å². The van der Waals surface area contributed by atoms with Crippen molar-refractivity contribution in [2.45, 2.75) is 0 Å². The molecule has 0 saturated heterocycles. The predicted octanol–water partition coefficient (Wildman–Crippen LogP) is 9.06. The number of rotatable bonds is 3. The Morgan fingerprint density at radius 3 is 1.66 bits per heavy atom. The van der Waals surface area contributed by atoms with E-state index in [-0.39, 0.29) is 6.85 Å². The Balaban J connectivity index is 1.43. The van der Waals surface area contributed by atoms with Crippen LogP contribution in [0.25, 0.3) is 71.6 Å². The first-order chi connectivity index (χ1) is 23.3. The summed E-state index contributed by atoms with van der Waals surface area (Å²) >= 11 is 0. The van der Waals surface area contributed by atoms with Crippen LogP contribution >= 0.6 is 0 Å². The lowest BCUT2D eigenvalue weighted by Gasteiger charge is -2.29. The topological polar surface area (TPSA) is 33.6 Å². The highest BCUT2D eigenvalue weighted by Gasteiger charge is 2.37. The van der Waals surface area contributed by atoms with E-state index in [1.54, 1.807) is 0 Å². The lowest BCUT2D eigenvalue weighted by Crippen LogP contribution is -2.53. The molecular weight excluding hydrogens is 569 g/mol. The van der Waals surface area contributed by atoms with Gasteiger partial charge in [-0.25, -0.2) is 0 Å². The summed E-state index contributed by atoms with van der Waals surface area (Å²) in [5.74, 6) is 0. The van der Waals surface area contributed by atoms with Crippen LogP contribution in [0.15, 0.2) is 158 Å². The Morgan fingerprint density at radius 2 is 1.02 bits per heavy atom. The van der Waals surface area contributed by atoms with Gasteiger partial charge >= 0.3 is 6.85 Å². The molecule has 2 aromatic heterocycles. The van der Waals surface area contributed by atoms with E-state index in [2.05, 4.69) is 161 Å². The first-order valence-corrected chi connectivity index (χ1v) is 16.0. The minimum absolute atomic E-state index is 0.100. The maximum absolute atomic E-state index is 9.84. The Bertz CT molecular complexity index is 2650. The van der Waals surface area contributed by atoms with Crippen molar-refractivity contribution in [2.24, 2.45) is 0 Å². The lowest BCUT2D eigenvalue weighted by atomic mass is 9.48. The molecule has 0 fully saturated rings. The van der Waals surface area contributed by atoms with Gasteiger partial charge in [0.25, 0.3) is 0 Å². The zero-order valence-electron chi connectivity index (χ0n) is 25.4. The number of fused-ring (bicyclic) bond motifs is 8. The molecule has 0 amide bonds. The molecule has 7 aromatic carbocycles. The first kappa shape index (κ1) is 26.0. The second-order valence-corrected chi connectivity index (χ2v) is 12.4. The number of benzene rings is 7. The van der Waals surface area contributed by atoms with Crippen LogP contribution in [0, 0.1) is 11.3 Å². The molecule has 1 aliphatic rings. The fourth-order valence-corrected chi connectivity index (χ4v) is 8.11. The summed E-state index contributed by atoms with van der Waals surface area (Å²) in [6.07, 6.45) is 0. The maximum atomic E-state index is 9.84. The Labute approximate surface area is 272 Å². The van der Waals surface area contributed by atoms with E-state index in [9.17, 15) is 5.26 Å². The molecule has 0 N–H and O–H groups in total. The van der Waals surface area contributed by atoms with Crippen LogP contribution in [-0.2, 0) is 0 Å². The lowest BCUT2D eigenvalue weighted by molar-refractivity contribution is 1.18. The zero-order chi connectivity index (χ0) is 31.1. The van der Waals surface area contributed by atoms with Crippen LogP contribution < -0.4 is 10.9 Å². The quantitative estimate of drug-likeness (QED) is 0.188. The van der Waals surface area contributed by atoms with Gasteiger partial charge in [-0.05, 0) is 40.3 Å². The highest BCUT2D eigenvalue weighted by atomic mass is 15.0. The molecule has 0 aliphatic carbocycles. The fourth-order valence-electron chi connectivity index (χ4n) is 8.11. The summed E-state index contributed by atoms with van der Waals surface area (Å²) in [7, 11) is 0. The molecule has 9 aromatic rings. The van der Waals surface area contributed by atoms with Gasteiger partial charge in [0.15, 0.2) is 0 Å². The smallest absolute Gasteiger partial charge is 0.332 e. The molecule has 216 valence electrons. The summed E-state index contributed by atoms with van der Waals surface area (Å²) in [5.41, 5.74) is 13.8. The SMILES string of the molecule is N#Cc1ccc2c3cccc4c3n(c2c1)-c1ccccc1B4n1c2c(-c3ccccc3)cccc2c2cccc(-c3ccccc3)c21. The van der Waals surface area contributed by atoms with Gasteiger partial charge in [-0.15, -0.1) is 0 Å². The van der Waals surface area contributed by atoms with E-state index in [1.807, 2.05) is 12.1 Å². The van der Waals surface area contributed by atoms with Crippen LogP contribution in [0.4, 0.5) is 0 Å². The third-order valence-corrected chi connectivity index (χ3v) is 9.99. The number of hydrogen-bond acceptors (Lipinski definition) is 1. The number of nitrogens with zero attached hydrogens (tertiary/aromatic N) is 3. The van der Waals surface area contributed by atoms with Crippen LogP contribution in [-0.4, -0.2) is 15.9 Å². The average Bonchev–Trinajstić information content (AvgIpc) is 3.66. The molecule has 4 heteroatoms. The molecule has 0 spiro atoms. The van der Waals surface area contributed by atoms with E-state index in [0.29, 0.717) is 5.56 Å². The molecule has 0 unspecified atom stereocenters. The summed E-state index contributed by atoms with van der Waals surface area (Å²) in [6, 6.07) is 59.0. The van der Waals surface area contributed by atoms with Crippen molar-refractivity contribution in [2.75, 3.05) is 0 Å².